The largest absolute Gasteiger partial charge is 0.309 e. The average molecular weight is 368 g/mol. The van der Waals surface area contributed by atoms with Gasteiger partial charge in [-0.3, -0.25) is 0 Å². The van der Waals surface area contributed by atoms with Gasteiger partial charge in [0.25, 0.3) is 0 Å². The Morgan fingerprint density at radius 2 is 1.26 bits per heavy atom. The van der Waals surface area contributed by atoms with Gasteiger partial charge < -0.3 is 4.57 Å². The third-order valence-electron chi connectivity index (χ3n) is 5.11. The predicted molar refractivity (Wildman–Crippen MR) is 116 cm³/mol. The fourth-order valence-electron chi connectivity index (χ4n) is 3.81. The predicted octanol–water partition coefficient (Wildman–Crippen LogP) is 7.41. The van der Waals surface area contributed by atoms with E-state index in [0.29, 0.717) is 0 Å². The minimum Gasteiger partial charge on any atom is -0.309 e. The maximum atomic E-state index is 6.06. The molecule has 1 heterocycles. The Hall–Kier alpha value is -3.03. The van der Waals surface area contributed by atoms with E-state index in [1.807, 2.05) is 12.1 Å². The van der Waals surface area contributed by atoms with Gasteiger partial charge in [0, 0.05) is 21.5 Å². The van der Waals surface area contributed by atoms with Crippen LogP contribution in [0.4, 0.5) is 0 Å². The van der Waals surface area contributed by atoms with Gasteiger partial charge in [0.15, 0.2) is 0 Å². The van der Waals surface area contributed by atoms with Crippen LogP contribution in [-0.4, -0.2) is 4.57 Å². The molecule has 5 rings (SSSR count). The highest BCUT2D eigenvalue weighted by atomic mass is 35.5. The van der Waals surface area contributed by atoms with E-state index in [1.165, 1.54) is 44.2 Å². The van der Waals surface area contributed by atoms with Gasteiger partial charge in [0.05, 0.1) is 11.0 Å². The van der Waals surface area contributed by atoms with Crippen LogP contribution in [0.15, 0.2) is 91.0 Å². The van der Waals surface area contributed by atoms with E-state index in [4.69, 9.17) is 11.6 Å². The van der Waals surface area contributed by atoms with Gasteiger partial charge in [0.1, 0.15) is 0 Å². The Bertz CT molecular complexity index is 1260. The Kier molecular flexibility index (Phi) is 3.77. The summed E-state index contributed by atoms with van der Waals surface area (Å²) < 4.78 is 2.34. The molecule has 1 nitrogen and oxygen atoms in total. The van der Waals surface area contributed by atoms with Crippen molar-refractivity contribution >= 4 is 33.4 Å². The topological polar surface area (TPSA) is 4.93 Å². The lowest BCUT2D eigenvalue weighted by atomic mass is 10.0. The first-order valence-corrected chi connectivity index (χ1v) is 9.45. The molecule has 0 bridgehead atoms. The van der Waals surface area contributed by atoms with Gasteiger partial charge in [-0.05, 0) is 66.6 Å². The standard InChI is InChI=1S/C25H18ClN/c1-17-7-13-24-22(15-17)23-16-19(18-8-11-20(26)12-9-18)10-14-25(23)27(24)21-5-3-2-4-6-21/h2-16H,1H3. The van der Waals surface area contributed by atoms with E-state index in [0.717, 1.165) is 5.02 Å². The van der Waals surface area contributed by atoms with Crippen molar-refractivity contribution in [3.05, 3.63) is 102 Å². The highest BCUT2D eigenvalue weighted by Crippen LogP contribution is 2.35. The molecule has 0 aliphatic carbocycles. The fourth-order valence-corrected chi connectivity index (χ4v) is 3.94. The lowest BCUT2D eigenvalue weighted by molar-refractivity contribution is 1.18. The quantitative estimate of drug-likeness (QED) is 0.306. The summed E-state index contributed by atoms with van der Waals surface area (Å²) in [6.45, 7) is 2.15. The van der Waals surface area contributed by atoms with Gasteiger partial charge in [-0.25, -0.2) is 0 Å². The van der Waals surface area contributed by atoms with Crippen LogP contribution in [0.25, 0.3) is 38.6 Å². The number of aromatic nitrogens is 1. The van der Waals surface area contributed by atoms with Crippen LogP contribution in [0.5, 0.6) is 0 Å². The number of benzene rings is 4. The molecule has 0 N–H and O–H groups in total. The summed E-state index contributed by atoms with van der Waals surface area (Å²) in [5.74, 6) is 0. The monoisotopic (exact) mass is 367 g/mol. The maximum Gasteiger partial charge on any atom is 0.0541 e. The molecular formula is C25H18ClN. The van der Waals surface area contributed by atoms with Crippen molar-refractivity contribution in [3.8, 4) is 16.8 Å². The van der Waals surface area contributed by atoms with Crippen molar-refractivity contribution < 1.29 is 0 Å². The number of halogens is 1. The van der Waals surface area contributed by atoms with Crippen LogP contribution in [0.3, 0.4) is 0 Å². The molecule has 0 aliphatic heterocycles. The number of para-hydroxylation sites is 1. The second-order valence-electron chi connectivity index (χ2n) is 6.93. The zero-order valence-corrected chi connectivity index (χ0v) is 15.7. The molecule has 0 aliphatic rings. The normalized spacial score (nSPS) is 11.3. The number of fused-ring (bicyclic) bond motifs is 3. The molecule has 4 aromatic carbocycles. The Balaban J connectivity index is 1.84. The lowest BCUT2D eigenvalue weighted by Gasteiger charge is -2.08. The molecular weight excluding hydrogens is 350 g/mol. The number of hydrogen-bond donors (Lipinski definition) is 0. The molecule has 130 valence electrons. The molecule has 0 saturated heterocycles. The summed E-state index contributed by atoms with van der Waals surface area (Å²) in [5.41, 5.74) is 7.28. The van der Waals surface area contributed by atoms with Gasteiger partial charge in [-0.1, -0.05) is 59.6 Å². The van der Waals surface area contributed by atoms with E-state index in [1.54, 1.807) is 0 Å². The Labute approximate surface area is 163 Å². The van der Waals surface area contributed by atoms with Gasteiger partial charge in [-0.15, -0.1) is 0 Å². The van der Waals surface area contributed by atoms with Crippen molar-refractivity contribution in [2.24, 2.45) is 0 Å². The summed E-state index contributed by atoms with van der Waals surface area (Å²) >= 11 is 6.06. The zero-order valence-electron chi connectivity index (χ0n) is 15.0. The van der Waals surface area contributed by atoms with Crippen LogP contribution in [0, 0.1) is 6.92 Å². The smallest absolute Gasteiger partial charge is 0.0541 e. The van der Waals surface area contributed by atoms with Crippen molar-refractivity contribution in [1.82, 2.24) is 4.57 Å². The molecule has 0 spiro atoms. The number of rotatable bonds is 2. The van der Waals surface area contributed by atoms with Crippen LogP contribution in [0.1, 0.15) is 5.56 Å². The molecule has 0 saturated carbocycles. The Morgan fingerprint density at radius 1 is 0.630 bits per heavy atom. The molecule has 2 heteroatoms. The van der Waals surface area contributed by atoms with E-state index in [9.17, 15) is 0 Å². The van der Waals surface area contributed by atoms with E-state index >= 15 is 0 Å². The minimum absolute atomic E-state index is 0.760. The first-order chi connectivity index (χ1) is 13.2. The summed E-state index contributed by atoms with van der Waals surface area (Å²) in [6.07, 6.45) is 0. The number of nitrogens with zero attached hydrogens (tertiary/aromatic N) is 1. The number of hydrogen-bond acceptors (Lipinski definition) is 0. The van der Waals surface area contributed by atoms with E-state index < -0.39 is 0 Å². The third-order valence-corrected chi connectivity index (χ3v) is 5.36. The first-order valence-electron chi connectivity index (χ1n) is 9.07. The SMILES string of the molecule is Cc1ccc2c(c1)c1cc(-c3ccc(Cl)cc3)ccc1n2-c1ccccc1. The second kappa shape index (κ2) is 6.29. The van der Waals surface area contributed by atoms with Crippen LogP contribution in [-0.2, 0) is 0 Å². The molecule has 0 amide bonds. The van der Waals surface area contributed by atoms with Crippen molar-refractivity contribution in [1.29, 1.82) is 0 Å². The molecule has 0 fully saturated rings. The van der Waals surface area contributed by atoms with Crippen LogP contribution >= 0.6 is 11.6 Å². The molecule has 0 unspecified atom stereocenters. The highest BCUT2D eigenvalue weighted by molar-refractivity contribution is 6.30. The molecule has 1 aromatic heterocycles. The molecule has 27 heavy (non-hydrogen) atoms. The number of aryl methyl sites for hydroxylation is 1. The summed E-state index contributed by atoms with van der Waals surface area (Å²) in [6, 6.07) is 32.0. The van der Waals surface area contributed by atoms with Gasteiger partial charge in [0.2, 0.25) is 0 Å². The second-order valence-corrected chi connectivity index (χ2v) is 7.37. The van der Waals surface area contributed by atoms with Crippen LogP contribution in [0.2, 0.25) is 5.02 Å². The first kappa shape index (κ1) is 16.2. The molecule has 5 aromatic rings. The van der Waals surface area contributed by atoms with E-state index in [-0.39, 0.29) is 0 Å². The molecule has 0 atom stereocenters. The maximum absolute atomic E-state index is 6.06. The van der Waals surface area contributed by atoms with Crippen molar-refractivity contribution in [3.63, 3.8) is 0 Å². The summed E-state index contributed by atoms with van der Waals surface area (Å²) in [7, 11) is 0. The minimum atomic E-state index is 0.760. The van der Waals surface area contributed by atoms with Crippen molar-refractivity contribution in [2.45, 2.75) is 6.92 Å². The van der Waals surface area contributed by atoms with E-state index in [2.05, 4.69) is 90.4 Å². The van der Waals surface area contributed by atoms with Crippen molar-refractivity contribution in [2.75, 3.05) is 0 Å². The van der Waals surface area contributed by atoms with Gasteiger partial charge in [-0.2, -0.15) is 0 Å². The summed E-state index contributed by atoms with van der Waals surface area (Å²) in [5, 5.41) is 3.31. The summed E-state index contributed by atoms with van der Waals surface area (Å²) in [4.78, 5) is 0. The van der Waals surface area contributed by atoms with Crippen LogP contribution < -0.4 is 0 Å². The Morgan fingerprint density at radius 3 is 2.00 bits per heavy atom. The highest BCUT2D eigenvalue weighted by Gasteiger charge is 2.13. The average Bonchev–Trinajstić information content (AvgIpc) is 3.02. The fraction of sp³-hybridized carbons (Fsp3) is 0.0400. The zero-order chi connectivity index (χ0) is 18.4. The lowest BCUT2D eigenvalue weighted by Crippen LogP contribution is -1.93. The third kappa shape index (κ3) is 2.72. The van der Waals surface area contributed by atoms with Gasteiger partial charge >= 0.3 is 0 Å². The molecule has 0 radical (unpaired) electrons.